The van der Waals surface area contributed by atoms with E-state index in [-0.39, 0.29) is 11.6 Å². The topological polar surface area (TPSA) is 69.6 Å². The van der Waals surface area contributed by atoms with Crippen molar-refractivity contribution in [3.8, 4) is 0 Å². The number of carbonyl (C=O) groups is 2. The first-order valence-electron chi connectivity index (χ1n) is 6.72. The molecule has 0 aliphatic carbocycles. The van der Waals surface area contributed by atoms with Crippen LogP contribution in [0.1, 0.15) is 18.4 Å². The lowest BCUT2D eigenvalue weighted by Crippen LogP contribution is -2.42. The van der Waals surface area contributed by atoms with Gasteiger partial charge >= 0.3 is 5.97 Å². The lowest BCUT2D eigenvalue weighted by atomic mass is 10.1. The number of anilines is 1. The summed E-state index contributed by atoms with van der Waals surface area (Å²) in [6, 6.07) is 4.04. The van der Waals surface area contributed by atoms with Gasteiger partial charge in [-0.05, 0) is 25.0 Å². The van der Waals surface area contributed by atoms with Crippen LogP contribution >= 0.6 is 0 Å². The summed E-state index contributed by atoms with van der Waals surface area (Å²) in [7, 11) is 1.55. The Hall–Kier alpha value is -2.37. The van der Waals surface area contributed by atoms with E-state index in [9.17, 15) is 14.0 Å². The number of carboxylic acid groups (broad SMARTS) is 1. The number of amides is 1. The molecule has 1 aliphatic heterocycles. The first-order valence-corrected chi connectivity index (χ1v) is 6.72. The molecule has 1 unspecified atom stereocenters. The van der Waals surface area contributed by atoms with E-state index >= 15 is 0 Å². The summed E-state index contributed by atoms with van der Waals surface area (Å²) in [5.74, 6) is -1.73. The number of likely N-dealkylation sites (N-methyl/N-ethyl adjacent to an activating group) is 1. The fourth-order valence-electron chi connectivity index (χ4n) is 2.60. The molecule has 1 amide bonds. The fourth-order valence-corrected chi connectivity index (χ4v) is 2.60. The SMILES string of the molecule is CNC(=O)C1CCCN1c1c(F)cccc1/C=C/C(=O)O. The summed E-state index contributed by atoms with van der Waals surface area (Å²) in [6.07, 6.45) is 3.74. The van der Waals surface area contributed by atoms with Gasteiger partial charge in [0.1, 0.15) is 11.9 Å². The molecule has 1 aliphatic rings. The number of aliphatic carboxylic acids is 1. The van der Waals surface area contributed by atoms with E-state index in [1.807, 2.05) is 0 Å². The molecule has 1 heterocycles. The minimum Gasteiger partial charge on any atom is -0.478 e. The first-order chi connectivity index (χ1) is 10.0. The number of hydrogen-bond donors (Lipinski definition) is 2. The van der Waals surface area contributed by atoms with Crippen LogP contribution in [0.25, 0.3) is 6.08 Å². The highest BCUT2D eigenvalue weighted by molar-refractivity contribution is 5.89. The summed E-state index contributed by atoms with van der Waals surface area (Å²) in [6.45, 7) is 0.562. The van der Waals surface area contributed by atoms with Crippen LogP contribution in [-0.4, -0.2) is 36.6 Å². The minimum absolute atomic E-state index is 0.163. The highest BCUT2D eigenvalue weighted by atomic mass is 19.1. The van der Waals surface area contributed by atoms with Gasteiger partial charge in [-0.25, -0.2) is 9.18 Å². The van der Waals surface area contributed by atoms with Gasteiger partial charge in [0.15, 0.2) is 0 Å². The lowest BCUT2D eigenvalue weighted by molar-refractivity contribution is -0.131. The Morgan fingerprint density at radius 2 is 2.24 bits per heavy atom. The number of para-hydroxylation sites is 1. The van der Waals surface area contributed by atoms with Crippen LogP contribution in [0, 0.1) is 5.82 Å². The molecule has 1 atom stereocenters. The molecule has 0 aromatic heterocycles. The Morgan fingerprint density at radius 1 is 1.48 bits per heavy atom. The molecule has 0 radical (unpaired) electrons. The van der Waals surface area contributed by atoms with Crippen molar-refractivity contribution in [1.29, 1.82) is 0 Å². The maximum Gasteiger partial charge on any atom is 0.328 e. The molecular weight excluding hydrogens is 275 g/mol. The molecular formula is C15H17FN2O3. The molecule has 2 rings (SSSR count). The van der Waals surface area contributed by atoms with Crippen LogP contribution < -0.4 is 10.2 Å². The van der Waals surface area contributed by atoms with Crippen molar-refractivity contribution in [2.75, 3.05) is 18.5 Å². The van der Waals surface area contributed by atoms with Crippen molar-refractivity contribution >= 4 is 23.6 Å². The molecule has 21 heavy (non-hydrogen) atoms. The average Bonchev–Trinajstić information content (AvgIpc) is 2.93. The number of carbonyl (C=O) groups excluding carboxylic acids is 1. The van der Waals surface area contributed by atoms with Gasteiger partial charge in [-0.1, -0.05) is 12.1 Å². The van der Waals surface area contributed by atoms with Crippen LogP contribution in [0.4, 0.5) is 10.1 Å². The predicted molar refractivity (Wildman–Crippen MR) is 77.5 cm³/mol. The summed E-state index contributed by atoms with van der Waals surface area (Å²) in [5, 5.41) is 11.3. The monoisotopic (exact) mass is 292 g/mol. The summed E-state index contributed by atoms with van der Waals surface area (Å²) >= 11 is 0. The van der Waals surface area contributed by atoms with E-state index in [1.54, 1.807) is 18.0 Å². The van der Waals surface area contributed by atoms with Crippen LogP contribution in [0.5, 0.6) is 0 Å². The Kier molecular flexibility index (Phi) is 4.57. The van der Waals surface area contributed by atoms with Crippen molar-refractivity contribution in [1.82, 2.24) is 5.32 Å². The number of carboxylic acids is 1. The van der Waals surface area contributed by atoms with Gasteiger partial charge in [0.05, 0.1) is 5.69 Å². The molecule has 0 saturated carbocycles. The van der Waals surface area contributed by atoms with E-state index in [4.69, 9.17) is 5.11 Å². The Bertz CT molecular complexity index is 586. The third kappa shape index (κ3) is 3.21. The van der Waals surface area contributed by atoms with E-state index in [0.717, 1.165) is 12.5 Å². The largest absolute Gasteiger partial charge is 0.478 e. The maximum atomic E-state index is 14.2. The Labute approximate surface area is 122 Å². The zero-order valence-corrected chi connectivity index (χ0v) is 11.7. The van der Waals surface area contributed by atoms with Crippen molar-refractivity contribution in [3.05, 3.63) is 35.7 Å². The van der Waals surface area contributed by atoms with Crippen molar-refractivity contribution < 1.29 is 19.1 Å². The highest BCUT2D eigenvalue weighted by Gasteiger charge is 2.32. The first kappa shape index (κ1) is 15.0. The summed E-state index contributed by atoms with van der Waals surface area (Å²) < 4.78 is 14.2. The number of rotatable bonds is 4. The van der Waals surface area contributed by atoms with E-state index in [0.29, 0.717) is 18.5 Å². The number of nitrogens with zero attached hydrogens (tertiary/aromatic N) is 1. The molecule has 1 saturated heterocycles. The van der Waals surface area contributed by atoms with Gasteiger partial charge in [-0.2, -0.15) is 0 Å². The molecule has 1 aromatic rings. The molecule has 0 spiro atoms. The quantitative estimate of drug-likeness (QED) is 0.828. The maximum absolute atomic E-state index is 14.2. The standard InChI is InChI=1S/C15H17FN2O3/c1-17-15(21)12-6-3-9-18(12)14-10(7-8-13(19)20)4-2-5-11(14)16/h2,4-5,7-8,12H,3,6,9H2,1H3,(H,17,21)(H,19,20)/b8-7+. The number of halogens is 1. The van der Waals surface area contributed by atoms with Crippen LogP contribution in [0.2, 0.25) is 0 Å². The molecule has 112 valence electrons. The van der Waals surface area contributed by atoms with Crippen molar-refractivity contribution in [2.45, 2.75) is 18.9 Å². The van der Waals surface area contributed by atoms with E-state index < -0.39 is 17.8 Å². The number of benzene rings is 1. The third-order valence-electron chi connectivity index (χ3n) is 3.51. The zero-order valence-electron chi connectivity index (χ0n) is 11.7. The fraction of sp³-hybridized carbons (Fsp3) is 0.333. The van der Waals surface area contributed by atoms with Gasteiger partial charge in [-0.3, -0.25) is 4.79 Å². The van der Waals surface area contributed by atoms with Crippen LogP contribution in [0.15, 0.2) is 24.3 Å². The van der Waals surface area contributed by atoms with Crippen molar-refractivity contribution in [3.63, 3.8) is 0 Å². The molecule has 6 heteroatoms. The average molecular weight is 292 g/mol. The second kappa shape index (κ2) is 6.39. The predicted octanol–water partition coefficient (Wildman–Crippen LogP) is 1.64. The highest BCUT2D eigenvalue weighted by Crippen LogP contribution is 2.32. The molecule has 1 aromatic carbocycles. The van der Waals surface area contributed by atoms with Gasteiger partial charge in [0.2, 0.25) is 5.91 Å². The molecule has 5 nitrogen and oxygen atoms in total. The van der Waals surface area contributed by atoms with Crippen molar-refractivity contribution in [2.24, 2.45) is 0 Å². The summed E-state index contributed by atoms with van der Waals surface area (Å²) in [5.41, 5.74) is 0.731. The smallest absolute Gasteiger partial charge is 0.328 e. The normalized spacial score (nSPS) is 18.2. The van der Waals surface area contributed by atoms with E-state index in [2.05, 4.69) is 5.32 Å². The minimum atomic E-state index is -1.10. The number of nitrogens with one attached hydrogen (secondary N) is 1. The zero-order chi connectivity index (χ0) is 15.4. The lowest BCUT2D eigenvalue weighted by Gasteiger charge is -2.27. The second-order valence-corrected chi connectivity index (χ2v) is 4.81. The summed E-state index contributed by atoms with van der Waals surface area (Å²) in [4.78, 5) is 24.3. The second-order valence-electron chi connectivity index (χ2n) is 4.81. The molecule has 2 N–H and O–H groups in total. The molecule has 0 bridgehead atoms. The van der Waals surface area contributed by atoms with Crippen LogP contribution in [0.3, 0.4) is 0 Å². The molecule has 1 fully saturated rings. The Balaban J connectivity index is 2.42. The van der Waals surface area contributed by atoms with Gasteiger partial charge < -0.3 is 15.3 Å². The Morgan fingerprint density at radius 3 is 2.90 bits per heavy atom. The van der Waals surface area contributed by atoms with Gasteiger partial charge in [0.25, 0.3) is 0 Å². The van der Waals surface area contributed by atoms with Gasteiger partial charge in [0, 0.05) is 25.2 Å². The van der Waals surface area contributed by atoms with E-state index in [1.165, 1.54) is 18.2 Å². The number of hydrogen-bond acceptors (Lipinski definition) is 3. The third-order valence-corrected chi connectivity index (χ3v) is 3.51. The van der Waals surface area contributed by atoms with Gasteiger partial charge in [-0.15, -0.1) is 0 Å². The van der Waals surface area contributed by atoms with Crippen LogP contribution in [-0.2, 0) is 9.59 Å².